The predicted molar refractivity (Wildman–Crippen MR) is 89.1 cm³/mol. The van der Waals surface area contributed by atoms with Crippen LogP contribution < -0.4 is 5.32 Å². The molecule has 5 nitrogen and oxygen atoms in total. The molecule has 0 bridgehead atoms. The van der Waals surface area contributed by atoms with E-state index in [1.54, 1.807) is 12.1 Å². The summed E-state index contributed by atoms with van der Waals surface area (Å²) in [7, 11) is 0. The number of esters is 1. The maximum absolute atomic E-state index is 11.9. The number of amides is 1. The van der Waals surface area contributed by atoms with Crippen molar-refractivity contribution in [3.05, 3.63) is 70.8 Å². The molecule has 0 radical (unpaired) electrons. The number of hydrogen-bond donors (Lipinski definition) is 1. The van der Waals surface area contributed by atoms with Crippen LogP contribution in [-0.2, 0) is 22.5 Å². The Morgan fingerprint density at radius 1 is 1.12 bits per heavy atom. The molecule has 122 valence electrons. The van der Waals surface area contributed by atoms with Crippen molar-refractivity contribution in [1.29, 1.82) is 5.26 Å². The van der Waals surface area contributed by atoms with E-state index in [-0.39, 0.29) is 18.1 Å². The Morgan fingerprint density at radius 3 is 2.50 bits per heavy atom. The molecule has 0 saturated carbocycles. The summed E-state index contributed by atoms with van der Waals surface area (Å²) in [6.45, 7) is 2.10. The molecule has 0 aromatic heterocycles. The Bertz CT molecular complexity index is 761. The largest absolute Gasteiger partial charge is 0.452 e. The number of nitrogens with one attached hydrogen (secondary N) is 1. The molecule has 0 aliphatic carbocycles. The molecular weight excluding hydrogens is 304 g/mol. The van der Waals surface area contributed by atoms with Crippen LogP contribution in [0, 0.1) is 11.3 Å². The Kier molecular flexibility index (Phi) is 6.09. The zero-order chi connectivity index (χ0) is 17.4. The molecule has 2 aromatic rings. The molecular formula is C19H18N2O3. The molecule has 1 N–H and O–H groups in total. The average molecular weight is 322 g/mol. The van der Waals surface area contributed by atoms with Crippen molar-refractivity contribution in [1.82, 2.24) is 5.32 Å². The number of rotatable bonds is 6. The van der Waals surface area contributed by atoms with E-state index in [9.17, 15) is 9.59 Å². The van der Waals surface area contributed by atoms with Gasteiger partial charge in [0, 0.05) is 6.54 Å². The lowest BCUT2D eigenvalue weighted by Crippen LogP contribution is -2.28. The smallest absolute Gasteiger partial charge is 0.338 e. The Hall–Kier alpha value is -3.13. The van der Waals surface area contributed by atoms with Gasteiger partial charge in [-0.15, -0.1) is 0 Å². The highest BCUT2D eigenvalue weighted by Crippen LogP contribution is 2.06. The van der Waals surface area contributed by atoms with Gasteiger partial charge in [-0.2, -0.15) is 5.26 Å². The second kappa shape index (κ2) is 8.49. The Labute approximate surface area is 140 Å². The molecule has 1 amide bonds. The topological polar surface area (TPSA) is 79.2 Å². The van der Waals surface area contributed by atoms with Crippen LogP contribution in [0.15, 0.2) is 48.5 Å². The fourth-order valence-corrected chi connectivity index (χ4v) is 2.07. The lowest BCUT2D eigenvalue weighted by atomic mass is 10.1. The van der Waals surface area contributed by atoms with Crippen molar-refractivity contribution in [3.63, 3.8) is 0 Å². The lowest BCUT2D eigenvalue weighted by molar-refractivity contribution is -0.124. The minimum atomic E-state index is -0.630. The van der Waals surface area contributed by atoms with Gasteiger partial charge in [0.1, 0.15) is 0 Å². The van der Waals surface area contributed by atoms with Gasteiger partial charge >= 0.3 is 5.97 Å². The maximum Gasteiger partial charge on any atom is 0.338 e. The summed E-state index contributed by atoms with van der Waals surface area (Å²) in [5.74, 6) is -1.01. The number of nitriles is 1. The highest BCUT2D eigenvalue weighted by molar-refractivity contribution is 5.91. The van der Waals surface area contributed by atoms with Crippen LogP contribution in [0.4, 0.5) is 0 Å². The molecule has 0 fully saturated rings. The maximum atomic E-state index is 11.9. The SMILES string of the molecule is CCc1ccc(CNC(=O)COC(=O)c2cccc(C#N)c2)cc1. The second-order valence-corrected chi connectivity index (χ2v) is 5.22. The van der Waals surface area contributed by atoms with E-state index in [0.717, 1.165) is 12.0 Å². The lowest BCUT2D eigenvalue weighted by Gasteiger charge is -2.07. The number of aryl methyl sites for hydroxylation is 1. The Balaban J connectivity index is 1.79. The summed E-state index contributed by atoms with van der Waals surface area (Å²) in [5.41, 5.74) is 2.83. The highest BCUT2D eigenvalue weighted by Gasteiger charge is 2.10. The first-order valence-corrected chi connectivity index (χ1v) is 7.64. The van der Waals surface area contributed by atoms with E-state index in [0.29, 0.717) is 12.1 Å². The molecule has 0 heterocycles. The third-order valence-electron chi connectivity index (χ3n) is 3.48. The fraction of sp³-hybridized carbons (Fsp3) is 0.211. The van der Waals surface area contributed by atoms with E-state index >= 15 is 0 Å². The molecule has 0 atom stereocenters. The number of ether oxygens (including phenoxy) is 1. The van der Waals surface area contributed by atoms with Crippen molar-refractivity contribution >= 4 is 11.9 Å². The summed E-state index contributed by atoms with van der Waals surface area (Å²) in [6.07, 6.45) is 0.968. The van der Waals surface area contributed by atoms with Gasteiger partial charge in [0.15, 0.2) is 6.61 Å². The summed E-state index contributed by atoms with van der Waals surface area (Å²) in [6, 6.07) is 16.0. The van der Waals surface area contributed by atoms with Gasteiger partial charge in [0.25, 0.3) is 5.91 Å². The van der Waals surface area contributed by atoms with Gasteiger partial charge in [0.05, 0.1) is 17.2 Å². The first-order chi connectivity index (χ1) is 11.6. The van der Waals surface area contributed by atoms with E-state index in [2.05, 4.69) is 12.2 Å². The Morgan fingerprint density at radius 2 is 1.83 bits per heavy atom. The molecule has 0 saturated heterocycles. The molecule has 0 aliphatic rings. The second-order valence-electron chi connectivity index (χ2n) is 5.22. The summed E-state index contributed by atoms with van der Waals surface area (Å²) < 4.78 is 4.95. The normalized spacial score (nSPS) is 9.83. The molecule has 0 spiro atoms. The number of hydrogen-bond acceptors (Lipinski definition) is 4. The molecule has 24 heavy (non-hydrogen) atoms. The third-order valence-corrected chi connectivity index (χ3v) is 3.48. The van der Waals surface area contributed by atoms with E-state index in [1.165, 1.54) is 17.7 Å². The van der Waals surface area contributed by atoms with Crippen LogP contribution in [0.25, 0.3) is 0 Å². The number of carbonyl (C=O) groups is 2. The van der Waals surface area contributed by atoms with Crippen molar-refractivity contribution in [2.24, 2.45) is 0 Å². The fourth-order valence-electron chi connectivity index (χ4n) is 2.07. The van der Waals surface area contributed by atoms with E-state index < -0.39 is 5.97 Å². The van der Waals surface area contributed by atoms with E-state index in [4.69, 9.17) is 10.00 Å². The highest BCUT2D eigenvalue weighted by atomic mass is 16.5. The average Bonchev–Trinajstić information content (AvgIpc) is 2.64. The van der Waals surface area contributed by atoms with Gasteiger partial charge in [-0.25, -0.2) is 4.79 Å². The molecule has 2 rings (SSSR count). The summed E-state index contributed by atoms with van der Waals surface area (Å²) in [4.78, 5) is 23.6. The third kappa shape index (κ3) is 4.96. The van der Waals surface area contributed by atoms with Crippen molar-refractivity contribution < 1.29 is 14.3 Å². The van der Waals surface area contributed by atoms with E-state index in [1.807, 2.05) is 30.3 Å². The first-order valence-electron chi connectivity index (χ1n) is 7.64. The molecule has 5 heteroatoms. The van der Waals surface area contributed by atoms with Gasteiger partial charge in [-0.1, -0.05) is 37.3 Å². The van der Waals surface area contributed by atoms with Crippen LogP contribution in [0.1, 0.15) is 34.0 Å². The quantitative estimate of drug-likeness (QED) is 0.829. The molecule has 0 unspecified atom stereocenters. The monoisotopic (exact) mass is 322 g/mol. The number of nitrogens with zero attached hydrogens (tertiary/aromatic N) is 1. The molecule has 0 aliphatic heterocycles. The minimum absolute atomic E-state index is 0.247. The van der Waals surface area contributed by atoms with Crippen LogP contribution in [0.3, 0.4) is 0 Å². The zero-order valence-electron chi connectivity index (χ0n) is 13.4. The zero-order valence-corrected chi connectivity index (χ0v) is 13.4. The van der Waals surface area contributed by atoms with Crippen LogP contribution in [0.5, 0.6) is 0 Å². The van der Waals surface area contributed by atoms with Crippen LogP contribution >= 0.6 is 0 Å². The standard InChI is InChI=1S/C19H18N2O3/c1-2-14-6-8-15(9-7-14)12-21-18(22)13-24-19(23)17-5-3-4-16(10-17)11-20/h3-10H,2,12-13H2,1H3,(H,21,22). The van der Waals surface area contributed by atoms with Crippen LogP contribution in [0.2, 0.25) is 0 Å². The van der Waals surface area contributed by atoms with Gasteiger partial charge in [-0.3, -0.25) is 4.79 Å². The van der Waals surface area contributed by atoms with Gasteiger partial charge in [-0.05, 0) is 35.7 Å². The van der Waals surface area contributed by atoms with Crippen molar-refractivity contribution in [2.45, 2.75) is 19.9 Å². The molecule has 2 aromatic carbocycles. The van der Waals surface area contributed by atoms with Crippen LogP contribution in [-0.4, -0.2) is 18.5 Å². The minimum Gasteiger partial charge on any atom is -0.452 e. The van der Waals surface area contributed by atoms with Gasteiger partial charge in [0.2, 0.25) is 0 Å². The predicted octanol–water partition coefficient (Wildman–Crippen LogP) is 2.59. The van der Waals surface area contributed by atoms with Gasteiger partial charge < -0.3 is 10.1 Å². The number of benzene rings is 2. The van der Waals surface area contributed by atoms with Crippen molar-refractivity contribution in [3.8, 4) is 6.07 Å². The van der Waals surface area contributed by atoms with Crippen molar-refractivity contribution in [2.75, 3.05) is 6.61 Å². The summed E-state index contributed by atoms with van der Waals surface area (Å²) in [5, 5.41) is 11.5. The first kappa shape index (κ1) is 17.2. The number of carbonyl (C=O) groups excluding carboxylic acids is 2. The summed E-state index contributed by atoms with van der Waals surface area (Å²) >= 11 is 0.